The fourth-order valence-electron chi connectivity index (χ4n) is 1.85. The molecular formula is C13H24N4O2S. The number of nitrogens with two attached hydrogens (primary N) is 1. The molecule has 7 heteroatoms. The Kier molecular flexibility index (Phi) is 5.35. The molecule has 0 atom stereocenters. The molecule has 1 amide bonds. The lowest BCUT2D eigenvalue weighted by atomic mass is 10.1. The van der Waals surface area contributed by atoms with Crippen LogP contribution in [0.1, 0.15) is 45.0 Å². The lowest BCUT2D eigenvalue weighted by molar-refractivity contribution is 0.0870. The number of carbonyl (C=O) groups excluding carboxylic acids is 1. The van der Waals surface area contributed by atoms with E-state index in [1.54, 1.807) is 13.8 Å². The van der Waals surface area contributed by atoms with Crippen LogP contribution in [0.15, 0.2) is 0 Å². The molecule has 0 saturated carbocycles. The molecule has 1 aromatic rings. The van der Waals surface area contributed by atoms with Crippen LogP contribution in [-0.2, 0) is 0 Å². The van der Waals surface area contributed by atoms with Crippen LogP contribution in [0.2, 0.25) is 0 Å². The Morgan fingerprint density at radius 2 is 2.15 bits per heavy atom. The standard InChI is InChI=1S/C13H24N4O2S/c1-6-17(7-13(4,5)19)12-9(10(14)16-20-12)11(18)15-8(2)3/h8,19H,6-7H2,1-5H3,(H2,14,16)(H,15,18). The molecule has 0 saturated heterocycles. The number of aromatic nitrogens is 1. The van der Waals surface area contributed by atoms with E-state index >= 15 is 0 Å². The Morgan fingerprint density at radius 3 is 2.60 bits per heavy atom. The summed E-state index contributed by atoms with van der Waals surface area (Å²) in [6.07, 6.45) is 0. The van der Waals surface area contributed by atoms with Crippen LogP contribution >= 0.6 is 11.5 Å². The summed E-state index contributed by atoms with van der Waals surface area (Å²) in [6, 6.07) is 0.0269. The van der Waals surface area contributed by atoms with Gasteiger partial charge in [0.2, 0.25) is 0 Å². The van der Waals surface area contributed by atoms with Gasteiger partial charge in [-0.15, -0.1) is 0 Å². The van der Waals surface area contributed by atoms with Crippen molar-refractivity contribution in [2.45, 2.75) is 46.3 Å². The molecule has 0 aromatic carbocycles. The zero-order valence-corrected chi connectivity index (χ0v) is 13.5. The van der Waals surface area contributed by atoms with Crippen LogP contribution < -0.4 is 16.0 Å². The van der Waals surface area contributed by atoms with Gasteiger partial charge in [0.05, 0.1) is 5.60 Å². The number of hydrogen-bond donors (Lipinski definition) is 3. The molecule has 0 radical (unpaired) electrons. The molecule has 114 valence electrons. The molecule has 0 unspecified atom stereocenters. The Morgan fingerprint density at radius 1 is 1.55 bits per heavy atom. The minimum absolute atomic E-state index is 0.0269. The smallest absolute Gasteiger partial charge is 0.258 e. The van der Waals surface area contributed by atoms with Crippen molar-refractivity contribution in [3.63, 3.8) is 0 Å². The van der Waals surface area contributed by atoms with E-state index in [0.29, 0.717) is 23.7 Å². The lowest BCUT2D eigenvalue weighted by Gasteiger charge is -2.29. The van der Waals surface area contributed by atoms with E-state index in [0.717, 1.165) is 0 Å². The topological polar surface area (TPSA) is 91.5 Å². The highest BCUT2D eigenvalue weighted by molar-refractivity contribution is 7.11. The van der Waals surface area contributed by atoms with E-state index in [4.69, 9.17) is 5.73 Å². The number of hydrogen-bond acceptors (Lipinski definition) is 6. The van der Waals surface area contributed by atoms with E-state index in [9.17, 15) is 9.90 Å². The SMILES string of the molecule is CCN(CC(C)(C)O)c1snc(N)c1C(=O)NC(C)C. The molecule has 0 aliphatic rings. The largest absolute Gasteiger partial charge is 0.389 e. The van der Waals surface area contributed by atoms with Crippen LogP contribution in [0.3, 0.4) is 0 Å². The maximum Gasteiger partial charge on any atom is 0.258 e. The van der Waals surface area contributed by atoms with Crippen LogP contribution in [0, 0.1) is 0 Å². The van der Waals surface area contributed by atoms with Gasteiger partial charge >= 0.3 is 0 Å². The van der Waals surface area contributed by atoms with Gasteiger partial charge in [-0.3, -0.25) is 4.79 Å². The number of rotatable bonds is 6. The van der Waals surface area contributed by atoms with Crippen molar-refractivity contribution in [3.8, 4) is 0 Å². The van der Waals surface area contributed by atoms with Crippen molar-refractivity contribution in [1.29, 1.82) is 0 Å². The average Bonchev–Trinajstić information content (AvgIpc) is 2.65. The first-order chi connectivity index (χ1) is 9.15. The summed E-state index contributed by atoms with van der Waals surface area (Å²) in [5.41, 5.74) is 5.36. The number of nitrogens with one attached hydrogen (secondary N) is 1. The molecule has 0 fully saturated rings. The molecular weight excluding hydrogens is 276 g/mol. The van der Waals surface area contributed by atoms with Gasteiger partial charge in [-0.05, 0) is 46.2 Å². The highest BCUT2D eigenvalue weighted by atomic mass is 32.1. The molecule has 1 rings (SSSR count). The van der Waals surface area contributed by atoms with Gasteiger partial charge in [0.1, 0.15) is 10.6 Å². The zero-order valence-electron chi connectivity index (χ0n) is 12.7. The number of nitrogen functional groups attached to an aromatic ring is 1. The second-order valence-electron chi connectivity index (χ2n) is 5.70. The van der Waals surface area contributed by atoms with Crippen molar-refractivity contribution in [2.75, 3.05) is 23.7 Å². The van der Waals surface area contributed by atoms with E-state index in [1.807, 2.05) is 25.7 Å². The number of nitrogens with zero attached hydrogens (tertiary/aromatic N) is 2. The average molecular weight is 300 g/mol. The second-order valence-corrected chi connectivity index (χ2v) is 6.45. The summed E-state index contributed by atoms with van der Waals surface area (Å²) >= 11 is 1.18. The third-order valence-corrected chi connectivity index (χ3v) is 3.52. The number of amides is 1. The van der Waals surface area contributed by atoms with Crippen molar-refractivity contribution in [1.82, 2.24) is 9.69 Å². The van der Waals surface area contributed by atoms with Crippen LogP contribution in [0.25, 0.3) is 0 Å². The van der Waals surface area contributed by atoms with Crippen molar-refractivity contribution in [3.05, 3.63) is 5.56 Å². The van der Waals surface area contributed by atoms with Gasteiger partial charge in [-0.1, -0.05) is 0 Å². The molecule has 6 nitrogen and oxygen atoms in total. The predicted molar refractivity (Wildman–Crippen MR) is 83.3 cm³/mol. The summed E-state index contributed by atoms with van der Waals surface area (Å²) < 4.78 is 4.08. The van der Waals surface area contributed by atoms with Crippen LogP contribution in [0.4, 0.5) is 10.8 Å². The van der Waals surface area contributed by atoms with E-state index in [1.165, 1.54) is 11.5 Å². The van der Waals surface area contributed by atoms with Crippen molar-refractivity contribution < 1.29 is 9.90 Å². The third kappa shape index (κ3) is 4.35. The zero-order chi connectivity index (χ0) is 15.5. The minimum Gasteiger partial charge on any atom is -0.389 e. The highest BCUT2D eigenvalue weighted by Gasteiger charge is 2.26. The first kappa shape index (κ1) is 16.7. The minimum atomic E-state index is -0.861. The maximum atomic E-state index is 12.2. The monoisotopic (exact) mass is 300 g/mol. The fraction of sp³-hybridized carbons (Fsp3) is 0.692. The first-order valence-corrected chi connectivity index (χ1v) is 7.46. The maximum absolute atomic E-state index is 12.2. The van der Waals surface area contributed by atoms with Gasteiger partial charge in [0, 0.05) is 19.1 Å². The quantitative estimate of drug-likeness (QED) is 0.740. The molecule has 20 heavy (non-hydrogen) atoms. The molecule has 4 N–H and O–H groups in total. The van der Waals surface area contributed by atoms with E-state index < -0.39 is 5.60 Å². The highest BCUT2D eigenvalue weighted by Crippen LogP contribution is 2.31. The summed E-state index contributed by atoms with van der Waals surface area (Å²) in [4.78, 5) is 14.2. The number of anilines is 2. The number of aliphatic hydroxyl groups is 1. The van der Waals surface area contributed by atoms with Gasteiger partial charge in [0.25, 0.3) is 5.91 Å². The first-order valence-electron chi connectivity index (χ1n) is 6.69. The molecule has 1 aromatic heterocycles. The molecule has 0 spiro atoms. The Bertz CT molecular complexity index is 465. The summed E-state index contributed by atoms with van der Waals surface area (Å²) in [5, 5.41) is 13.5. The van der Waals surface area contributed by atoms with Crippen LogP contribution in [-0.4, -0.2) is 40.1 Å². The Labute approximate surface area is 124 Å². The van der Waals surface area contributed by atoms with Gasteiger partial charge in [-0.2, -0.15) is 4.37 Å². The molecule has 1 heterocycles. The van der Waals surface area contributed by atoms with Gasteiger partial charge in [0.15, 0.2) is 5.82 Å². The van der Waals surface area contributed by atoms with Crippen molar-refractivity contribution in [2.24, 2.45) is 0 Å². The Hall–Kier alpha value is -1.34. The summed E-state index contributed by atoms with van der Waals surface area (Å²) in [5.74, 6) is 0.00721. The number of carbonyl (C=O) groups is 1. The fourth-order valence-corrected chi connectivity index (χ4v) is 2.72. The predicted octanol–water partition coefficient (Wildman–Crippen LogP) is 1.46. The number of likely N-dealkylation sites (N-methyl/N-ethyl adjacent to an activating group) is 1. The second kappa shape index (κ2) is 6.41. The van der Waals surface area contributed by atoms with Gasteiger partial charge in [-0.25, -0.2) is 0 Å². The molecule has 0 aliphatic heterocycles. The third-order valence-electron chi connectivity index (χ3n) is 2.59. The van der Waals surface area contributed by atoms with Crippen LogP contribution in [0.5, 0.6) is 0 Å². The normalized spacial score (nSPS) is 11.8. The Balaban J connectivity index is 3.09. The molecule has 0 aliphatic carbocycles. The molecule has 0 bridgehead atoms. The van der Waals surface area contributed by atoms with E-state index in [-0.39, 0.29) is 17.8 Å². The summed E-state index contributed by atoms with van der Waals surface area (Å²) in [6.45, 7) is 10.3. The lowest BCUT2D eigenvalue weighted by Crippen LogP contribution is -2.39. The summed E-state index contributed by atoms with van der Waals surface area (Å²) in [7, 11) is 0. The van der Waals surface area contributed by atoms with Gasteiger partial charge < -0.3 is 21.1 Å². The van der Waals surface area contributed by atoms with E-state index in [2.05, 4.69) is 9.69 Å². The van der Waals surface area contributed by atoms with Crippen molar-refractivity contribution >= 4 is 28.3 Å².